The van der Waals surface area contributed by atoms with Crippen LogP contribution in [0, 0.1) is 0 Å². The van der Waals surface area contributed by atoms with Gasteiger partial charge in [0.05, 0.1) is 0 Å². The van der Waals surface area contributed by atoms with Gasteiger partial charge in [-0.3, -0.25) is 4.90 Å². The van der Waals surface area contributed by atoms with Crippen LogP contribution >= 0.6 is 0 Å². The van der Waals surface area contributed by atoms with E-state index in [9.17, 15) is 0 Å². The largest absolute Gasteiger partial charge is 0.315 e. The fourth-order valence-corrected chi connectivity index (χ4v) is 3.13. The maximum Gasteiger partial charge on any atom is 0.0472 e. The summed E-state index contributed by atoms with van der Waals surface area (Å²) in [5.41, 5.74) is 1.44. The average Bonchev–Trinajstić information content (AvgIpc) is 2.49. The highest BCUT2D eigenvalue weighted by atomic mass is 15.2. The molecule has 1 atom stereocenters. The van der Waals surface area contributed by atoms with Gasteiger partial charge in [-0.1, -0.05) is 37.3 Å². The quantitative estimate of drug-likeness (QED) is 0.860. The molecule has 3 heteroatoms. The van der Waals surface area contributed by atoms with Gasteiger partial charge in [-0.2, -0.15) is 0 Å². The maximum atomic E-state index is 3.53. The fraction of sp³-hybridized carbons (Fsp3) is 0.647. The Morgan fingerprint density at radius 2 is 1.85 bits per heavy atom. The fourth-order valence-electron chi connectivity index (χ4n) is 3.13. The monoisotopic (exact) mass is 275 g/mol. The van der Waals surface area contributed by atoms with Gasteiger partial charge in [-0.15, -0.1) is 0 Å². The molecule has 1 aliphatic heterocycles. The summed E-state index contributed by atoms with van der Waals surface area (Å²) in [7, 11) is 4.40. The molecule has 1 saturated heterocycles. The predicted molar refractivity (Wildman–Crippen MR) is 86.0 cm³/mol. The van der Waals surface area contributed by atoms with Crippen LogP contribution < -0.4 is 5.32 Å². The van der Waals surface area contributed by atoms with Gasteiger partial charge in [-0.25, -0.2) is 0 Å². The van der Waals surface area contributed by atoms with E-state index in [-0.39, 0.29) is 0 Å². The van der Waals surface area contributed by atoms with Crippen LogP contribution in [0.15, 0.2) is 30.3 Å². The molecule has 0 bridgehead atoms. The normalized spacial score (nSPS) is 19.4. The first kappa shape index (κ1) is 15.5. The van der Waals surface area contributed by atoms with E-state index in [2.05, 4.69) is 66.5 Å². The number of hydrogen-bond acceptors (Lipinski definition) is 3. The molecule has 3 nitrogen and oxygen atoms in total. The van der Waals surface area contributed by atoms with E-state index in [4.69, 9.17) is 0 Å². The Morgan fingerprint density at radius 3 is 2.40 bits per heavy atom. The molecule has 112 valence electrons. The van der Waals surface area contributed by atoms with Crippen LogP contribution in [0.5, 0.6) is 0 Å². The molecule has 1 fully saturated rings. The zero-order chi connectivity index (χ0) is 14.4. The summed E-state index contributed by atoms with van der Waals surface area (Å²) in [5.74, 6) is 0. The van der Waals surface area contributed by atoms with E-state index in [1.54, 1.807) is 0 Å². The highest BCUT2D eigenvalue weighted by Crippen LogP contribution is 2.25. The summed E-state index contributed by atoms with van der Waals surface area (Å²) in [6.45, 7) is 6.67. The van der Waals surface area contributed by atoms with E-state index in [1.807, 2.05) is 0 Å². The molecular formula is C17H29N3. The van der Waals surface area contributed by atoms with Crippen molar-refractivity contribution >= 4 is 0 Å². The van der Waals surface area contributed by atoms with Crippen molar-refractivity contribution in [1.82, 2.24) is 15.1 Å². The Labute approximate surface area is 124 Å². The van der Waals surface area contributed by atoms with Gasteiger partial charge in [0, 0.05) is 31.7 Å². The molecule has 1 heterocycles. The second-order valence-corrected chi connectivity index (χ2v) is 5.96. The molecule has 0 aliphatic carbocycles. The molecular weight excluding hydrogens is 246 g/mol. The molecule has 0 saturated carbocycles. The van der Waals surface area contributed by atoms with Crippen LogP contribution in [0.4, 0.5) is 0 Å². The van der Waals surface area contributed by atoms with Crippen LogP contribution in [0.25, 0.3) is 0 Å². The standard InChI is InChI=1S/C17H29N3/c1-4-18-14-17(15-8-6-5-7-9-15)20-12-10-16(11-13-20)19(2)3/h5-9,16-18H,4,10-14H2,1-3H3. The van der Waals surface area contributed by atoms with Gasteiger partial charge >= 0.3 is 0 Å². The minimum atomic E-state index is 0.513. The molecule has 0 amide bonds. The van der Waals surface area contributed by atoms with Gasteiger partial charge < -0.3 is 10.2 Å². The lowest BCUT2D eigenvalue weighted by Gasteiger charge is -2.39. The van der Waals surface area contributed by atoms with Crippen molar-refractivity contribution in [3.8, 4) is 0 Å². The Bertz CT molecular complexity index is 369. The predicted octanol–water partition coefficient (Wildman–Crippen LogP) is 2.36. The second-order valence-electron chi connectivity index (χ2n) is 5.96. The Morgan fingerprint density at radius 1 is 1.20 bits per heavy atom. The second kappa shape index (κ2) is 7.77. The van der Waals surface area contributed by atoms with Gasteiger partial charge in [0.2, 0.25) is 0 Å². The highest BCUT2D eigenvalue weighted by molar-refractivity contribution is 5.19. The zero-order valence-electron chi connectivity index (χ0n) is 13.2. The van der Waals surface area contributed by atoms with Crippen molar-refractivity contribution in [2.45, 2.75) is 31.8 Å². The number of benzene rings is 1. The molecule has 1 aromatic carbocycles. The molecule has 1 N–H and O–H groups in total. The van der Waals surface area contributed by atoms with E-state index < -0.39 is 0 Å². The number of nitrogens with zero attached hydrogens (tertiary/aromatic N) is 2. The Kier molecular flexibility index (Phi) is 6.02. The Balaban J connectivity index is 2.01. The van der Waals surface area contributed by atoms with Gasteiger partial charge in [0.15, 0.2) is 0 Å². The van der Waals surface area contributed by atoms with Crippen molar-refractivity contribution in [2.24, 2.45) is 0 Å². The van der Waals surface area contributed by atoms with Crippen molar-refractivity contribution in [2.75, 3.05) is 40.3 Å². The van der Waals surface area contributed by atoms with Crippen molar-refractivity contribution < 1.29 is 0 Å². The summed E-state index contributed by atoms with van der Waals surface area (Å²) in [6, 6.07) is 12.2. The van der Waals surface area contributed by atoms with E-state index >= 15 is 0 Å². The minimum Gasteiger partial charge on any atom is -0.315 e. The molecule has 0 spiro atoms. The number of piperidine rings is 1. The van der Waals surface area contributed by atoms with Crippen LogP contribution in [0.3, 0.4) is 0 Å². The summed E-state index contributed by atoms with van der Waals surface area (Å²) in [4.78, 5) is 5.02. The summed E-state index contributed by atoms with van der Waals surface area (Å²) in [6.07, 6.45) is 2.56. The number of nitrogens with one attached hydrogen (secondary N) is 1. The van der Waals surface area contributed by atoms with Crippen LogP contribution in [0.2, 0.25) is 0 Å². The van der Waals surface area contributed by atoms with Crippen LogP contribution in [-0.2, 0) is 0 Å². The summed E-state index contributed by atoms with van der Waals surface area (Å²) < 4.78 is 0. The number of hydrogen-bond donors (Lipinski definition) is 1. The van der Waals surface area contributed by atoms with Crippen LogP contribution in [-0.4, -0.2) is 56.1 Å². The first-order valence-electron chi connectivity index (χ1n) is 7.88. The third kappa shape index (κ3) is 4.05. The number of likely N-dealkylation sites (N-methyl/N-ethyl adjacent to an activating group) is 1. The van der Waals surface area contributed by atoms with Crippen molar-refractivity contribution in [3.05, 3.63) is 35.9 Å². The lowest BCUT2D eigenvalue weighted by molar-refractivity contribution is 0.107. The van der Waals surface area contributed by atoms with Crippen LogP contribution in [0.1, 0.15) is 31.4 Å². The molecule has 1 aromatic rings. The molecule has 2 rings (SSSR count). The van der Waals surface area contributed by atoms with E-state index in [1.165, 1.54) is 31.5 Å². The summed E-state index contributed by atoms with van der Waals surface area (Å²) >= 11 is 0. The molecule has 0 radical (unpaired) electrons. The highest BCUT2D eigenvalue weighted by Gasteiger charge is 2.26. The number of likely N-dealkylation sites (tertiary alicyclic amines) is 1. The summed E-state index contributed by atoms with van der Waals surface area (Å²) in [5, 5.41) is 3.53. The van der Waals surface area contributed by atoms with Gasteiger partial charge in [-0.05, 0) is 39.0 Å². The maximum absolute atomic E-state index is 3.53. The van der Waals surface area contributed by atoms with Gasteiger partial charge in [0.25, 0.3) is 0 Å². The topological polar surface area (TPSA) is 18.5 Å². The third-order valence-corrected chi connectivity index (χ3v) is 4.44. The lowest BCUT2D eigenvalue weighted by Crippen LogP contribution is -2.45. The average molecular weight is 275 g/mol. The SMILES string of the molecule is CCNCC(c1ccccc1)N1CCC(N(C)C)CC1. The minimum absolute atomic E-state index is 0.513. The first-order valence-corrected chi connectivity index (χ1v) is 7.88. The van der Waals surface area contributed by atoms with Crippen molar-refractivity contribution in [3.63, 3.8) is 0 Å². The van der Waals surface area contributed by atoms with E-state index in [0.29, 0.717) is 6.04 Å². The molecule has 20 heavy (non-hydrogen) atoms. The van der Waals surface area contributed by atoms with E-state index in [0.717, 1.165) is 19.1 Å². The van der Waals surface area contributed by atoms with Gasteiger partial charge in [0.1, 0.15) is 0 Å². The number of rotatable bonds is 6. The molecule has 1 unspecified atom stereocenters. The molecule has 0 aromatic heterocycles. The Hall–Kier alpha value is -0.900. The third-order valence-electron chi connectivity index (χ3n) is 4.44. The first-order chi connectivity index (χ1) is 9.72. The lowest BCUT2D eigenvalue weighted by atomic mass is 9.98. The smallest absolute Gasteiger partial charge is 0.0472 e. The van der Waals surface area contributed by atoms with Crippen molar-refractivity contribution in [1.29, 1.82) is 0 Å². The molecule has 1 aliphatic rings. The zero-order valence-corrected chi connectivity index (χ0v) is 13.2.